The van der Waals surface area contributed by atoms with Crippen LogP contribution in [0.2, 0.25) is 0 Å². The quantitative estimate of drug-likeness (QED) is 0.878. The first-order valence-corrected chi connectivity index (χ1v) is 7.62. The summed E-state index contributed by atoms with van der Waals surface area (Å²) in [6.07, 6.45) is 0. The second-order valence-electron chi connectivity index (χ2n) is 5.51. The van der Waals surface area contributed by atoms with Crippen LogP contribution in [0, 0.1) is 6.92 Å². The number of amides is 2. The van der Waals surface area contributed by atoms with Crippen molar-refractivity contribution < 1.29 is 19.1 Å². The summed E-state index contributed by atoms with van der Waals surface area (Å²) >= 11 is 0. The summed E-state index contributed by atoms with van der Waals surface area (Å²) in [7, 11) is 0. The molecule has 0 aromatic heterocycles. The molecule has 0 fully saturated rings. The number of nitrogens with one attached hydrogen (secondary N) is 2. The molecule has 2 aromatic carbocycles. The molecule has 0 bridgehead atoms. The van der Waals surface area contributed by atoms with E-state index in [9.17, 15) is 9.59 Å². The van der Waals surface area contributed by atoms with Crippen molar-refractivity contribution in [2.24, 2.45) is 0 Å². The molecule has 3 rings (SSSR count). The van der Waals surface area contributed by atoms with Gasteiger partial charge in [0.1, 0.15) is 0 Å². The van der Waals surface area contributed by atoms with E-state index in [2.05, 4.69) is 10.6 Å². The maximum Gasteiger partial charge on any atom is 0.251 e. The van der Waals surface area contributed by atoms with Crippen LogP contribution in [-0.4, -0.2) is 25.2 Å². The van der Waals surface area contributed by atoms with Crippen molar-refractivity contribution in [2.45, 2.75) is 13.5 Å². The highest BCUT2D eigenvalue weighted by Crippen LogP contribution is 2.32. The lowest BCUT2D eigenvalue weighted by atomic mass is 10.1. The van der Waals surface area contributed by atoms with Gasteiger partial charge in [-0.15, -0.1) is 0 Å². The van der Waals surface area contributed by atoms with E-state index in [0.29, 0.717) is 23.6 Å². The minimum Gasteiger partial charge on any atom is -0.454 e. The summed E-state index contributed by atoms with van der Waals surface area (Å²) in [6.45, 7) is 2.45. The van der Waals surface area contributed by atoms with Crippen molar-refractivity contribution in [1.29, 1.82) is 0 Å². The standard InChI is InChI=1S/C18H18N2O4/c1-12-2-5-14(6-3-12)18(22)20-10-17(21)19-9-13-4-7-15-16(8-13)24-11-23-15/h2-8H,9-11H2,1H3,(H,19,21)(H,20,22). The molecule has 2 amide bonds. The van der Waals surface area contributed by atoms with Gasteiger partial charge in [-0.1, -0.05) is 23.8 Å². The van der Waals surface area contributed by atoms with Gasteiger partial charge >= 0.3 is 0 Å². The third-order valence-corrected chi connectivity index (χ3v) is 3.65. The summed E-state index contributed by atoms with van der Waals surface area (Å²) in [4.78, 5) is 23.8. The van der Waals surface area contributed by atoms with Gasteiger partial charge in [0.25, 0.3) is 5.91 Å². The second kappa shape index (κ2) is 7.04. The van der Waals surface area contributed by atoms with Crippen LogP contribution in [0.4, 0.5) is 0 Å². The molecule has 0 aliphatic carbocycles. The number of aryl methyl sites for hydroxylation is 1. The van der Waals surface area contributed by atoms with Gasteiger partial charge in [0, 0.05) is 12.1 Å². The average molecular weight is 326 g/mol. The van der Waals surface area contributed by atoms with Gasteiger partial charge in [-0.25, -0.2) is 0 Å². The Labute approximate surface area is 139 Å². The highest BCUT2D eigenvalue weighted by Gasteiger charge is 2.13. The molecule has 0 atom stereocenters. The Bertz CT molecular complexity index is 756. The summed E-state index contributed by atoms with van der Waals surface area (Å²) in [6, 6.07) is 12.7. The van der Waals surface area contributed by atoms with Crippen LogP contribution in [0.5, 0.6) is 11.5 Å². The molecule has 0 unspecified atom stereocenters. The zero-order valence-electron chi connectivity index (χ0n) is 13.3. The molecule has 124 valence electrons. The Morgan fingerprint density at radius 1 is 1.00 bits per heavy atom. The van der Waals surface area contributed by atoms with Crippen LogP contribution in [0.15, 0.2) is 42.5 Å². The lowest BCUT2D eigenvalue weighted by Gasteiger charge is -2.08. The number of rotatable bonds is 5. The molecule has 0 saturated heterocycles. The lowest BCUT2D eigenvalue weighted by molar-refractivity contribution is -0.120. The van der Waals surface area contributed by atoms with Crippen molar-refractivity contribution in [3.05, 3.63) is 59.2 Å². The van der Waals surface area contributed by atoms with Crippen LogP contribution in [0.25, 0.3) is 0 Å². The Hall–Kier alpha value is -3.02. The van der Waals surface area contributed by atoms with Crippen molar-refractivity contribution in [3.63, 3.8) is 0 Å². The molecular weight excluding hydrogens is 308 g/mol. The minimum absolute atomic E-state index is 0.0722. The minimum atomic E-state index is -0.270. The SMILES string of the molecule is Cc1ccc(C(=O)NCC(=O)NCc2ccc3c(c2)OCO3)cc1. The Morgan fingerprint density at radius 2 is 1.75 bits per heavy atom. The fraction of sp³-hybridized carbons (Fsp3) is 0.222. The van der Waals surface area contributed by atoms with Gasteiger partial charge in [0.2, 0.25) is 12.7 Å². The first-order chi connectivity index (χ1) is 11.6. The fourth-order valence-corrected chi connectivity index (χ4v) is 2.28. The second-order valence-corrected chi connectivity index (χ2v) is 5.51. The van der Waals surface area contributed by atoms with Gasteiger partial charge in [-0.05, 0) is 36.8 Å². The van der Waals surface area contributed by atoms with E-state index in [1.54, 1.807) is 12.1 Å². The largest absolute Gasteiger partial charge is 0.454 e. The summed E-state index contributed by atoms with van der Waals surface area (Å²) < 4.78 is 10.5. The smallest absolute Gasteiger partial charge is 0.251 e. The van der Waals surface area contributed by atoms with Crippen molar-refractivity contribution >= 4 is 11.8 Å². The highest BCUT2D eigenvalue weighted by atomic mass is 16.7. The fourth-order valence-electron chi connectivity index (χ4n) is 2.28. The van der Waals surface area contributed by atoms with E-state index >= 15 is 0 Å². The molecule has 1 aliphatic heterocycles. The number of carbonyl (C=O) groups is 2. The lowest BCUT2D eigenvalue weighted by Crippen LogP contribution is -2.36. The summed E-state index contributed by atoms with van der Waals surface area (Å²) in [5, 5.41) is 5.36. The van der Waals surface area contributed by atoms with Crippen molar-refractivity contribution in [3.8, 4) is 11.5 Å². The van der Waals surface area contributed by atoms with Crippen LogP contribution in [-0.2, 0) is 11.3 Å². The Kier molecular flexibility index (Phi) is 4.65. The van der Waals surface area contributed by atoms with E-state index in [4.69, 9.17) is 9.47 Å². The third kappa shape index (κ3) is 3.84. The van der Waals surface area contributed by atoms with Crippen LogP contribution in [0.1, 0.15) is 21.5 Å². The van der Waals surface area contributed by atoms with Crippen molar-refractivity contribution in [1.82, 2.24) is 10.6 Å². The summed E-state index contributed by atoms with van der Waals surface area (Å²) in [5.41, 5.74) is 2.51. The molecular formula is C18H18N2O4. The zero-order valence-corrected chi connectivity index (χ0v) is 13.3. The van der Waals surface area contributed by atoms with E-state index in [1.165, 1.54) is 0 Å². The monoisotopic (exact) mass is 326 g/mol. The number of ether oxygens (including phenoxy) is 2. The maximum absolute atomic E-state index is 11.9. The van der Waals surface area contributed by atoms with E-state index in [1.807, 2.05) is 37.3 Å². The molecule has 6 heteroatoms. The van der Waals surface area contributed by atoms with Gasteiger partial charge in [-0.3, -0.25) is 9.59 Å². The van der Waals surface area contributed by atoms with Crippen LogP contribution >= 0.6 is 0 Å². The molecule has 6 nitrogen and oxygen atoms in total. The predicted molar refractivity (Wildman–Crippen MR) is 87.9 cm³/mol. The zero-order chi connectivity index (χ0) is 16.9. The van der Waals surface area contributed by atoms with Gasteiger partial charge in [0.15, 0.2) is 11.5 Å². The third-order valence-electron chi connectivity index (χ3n) is 3.65. The number of fused-ring (bicyclic) bond motifs is 1. The molecule has 1 aliphatic rings. The molecule has 2 aromatic rings. The number of hydrogen-bond acceptors (Lipinski definition) is 4. The average Bonchev–Trinajstić information content (AvgIpc) is 3.06. The van der Waals surface area contributed by atoms with Crippen molar-refractivity contribution in [2.75, 3.05) is 13.3 Å². The van der Waals surface area contributed by atoms with E-state index < -0.39 is 0 Å². The Balaban J connectivity index is 1.46. The molecule has 0 radical (unpaired) electrons. The number of hydrogen-bond donors (Lipinski definition) is 2. The molecule has 2 N–H and O–H groups in total. The summed E-state index contributed by atoms with van der Waals surface area (Å²) in [5.74, 6) is 0.853. The van der Waals surface area contributed by atoms with Gasteiger partial charge in [-0.2, -0.15) is 0 Å². The normalized spacial score (nSPS) is 11.9. The molecule has 0 saturated carbocycles. The van der Waals surface area contributed by atoms with Gasteiger partial charge < -0.3 is 20.1 Å². The molecule has 0 spiro atoms. The first kappa shape index (κ1) is 15.9. The number of benzene rings is 2. The maximum atomic E-state index is 11.9. The van der Waals surface area contributed by atoms with Crippen LogP contribution < -0.4 is 20.1 Å². The predicted octanol–water partition coefficient (Wildman–Crippen LogP) is 1.77. The van der Waals surface area contributed by atoms with E-state index in [-0.39, 0.29) is 25.2 Å². The molecule has 1 heterocycles. The Morgan fingerprint density at radius 3 is 2.54 bits per heavy atom. The first-order valence-electron chi connectivity index (χ1n) is 7.62. The number of carbonyl (C=O) groups excluding carboxylic acids is 2. The van der Waals surface area contributed by atoms with Gasteiger partial charge in [0.05, 0.1) is 6.54 Å². The van der Waals surface area contributed by atoms with E-state index in [0.717, 1.165) is 11.1 Å². The highest BCUT2D eigenvalue weighted by molar-refractivity contribution is 5.96. The van der Waals surface area contributed by atoms with Crippen LogP contribution in [0.3, 0.4) is 0 Å². The topological polar surface area (TPSA) is 76.7 Å². The molecule has 24 heavy (non-hydrogen) atoms.